The number of esters is 3. The van der Waals surface area contributed by atoms with E-state index in [0.717, 1.165) is 5.56 Å². The van der Waals surface area contributed by atoms with Crippen LogP contribution in [0.25, 0.3) is 0 Å². The first-order valence-corrected chi connectivity index (χ1v) is 15.3. The molecule has 0 bridgehead atoms. The summed E-state index contributed by atoms with van der Waals surface area (Å²) >= 11 is 0. The average Bonchev–Trinajstić information content (AvgIpc) is 2.96. The predicted octanol–water partition coefficient (Wildman–Crippen LogP) is 4.47. The minimum atomic E-state index is -2.20. The van der Waals surface area contributed by atoms with Gasteiger partial charge >= 0.3 is 17.9 Å². The summed E-state index contributed by atoms with van der Waals surface area (Å²) in [6.45, 7) is 19.2. The SMILES string of the molecule is CC(=O)O[C@H]1[C@H](OC(C)=O)[C@@H](C(=O)OC(C)(C)C)N(Cc2ccccc2)[C@@H]1CO[Si](C)(C)C(C)(C)C. The third kappa shape index (κ3) is 7.88. The lowest BCUT2D eigenvalue weighted by molar-refractivity contribution is -0.173. The molecule has 36 heavy (non-hydrogen) atoms. The Morgan fingerprint density at radius 2 is 1.42 bits per heavy atom. The number of rotatable bonds is 8. The molecule has 4 atom stereocenters. The monoisotopic (exact) mass is 521 g/mol. The lowest BCUT2D eigenvalue weighted by Crippen LogP contribution is -2.50. The minimum absolute atomic E-state index is 0.0490. The second kappa shape index (κ2) is 11.4. The zero-order valence-electron chi connectivity index (χ0n) is 23.4. The molecule has 1 fully saturated rings. The predicted molar refractivity (Wildman–Crippen MR) is 140 cm³/mol. The largest absolute Gasteiger partial charge is 0.459 e. The summed E-state index contributed by atoms with van der Waals surface area (Å²) in [4.78, 5) is 39.8. The fraction of sp³-hybridized carbons (Fsp3) is 0.667. The van der Waals surface area contributed by atoms with E-state index in [1.165, 1.54) is 13.8 Å². The van der Waals surface area contributed by atoms with E-state index < -0.39 is 56.1 Å². The van der Waals surface area contributed by atoms with Gasteiger partial charge in [-0.1, -0.05) is 51.1 Å². The second-order valence-corrected chi connectivity index (χ2v) is 16.7. The zero-order valence-corrected chi connectivity index (χ0v) is 24.4. The van der Waals surface area contributed by atoms with Gasteiger partial charge in [0.2, 0.25) is 0 Å². The Hall–Kier alpha value is -2.23. The second-order valence-electron chi connectivity index (χ2n) is 11.9. The number of hydrogen-bond donors (Lipinski definition) is 0. The van der Waals surface area contributed by atoms with Gasteiger partial charge in [-0.2, -0.15) is 0 Å². The van der Waals surface area contributed by atoms with Crippen LogP contribution in [0, 0.1) is 0 Å². The van der Waals surface area contributed by atoms with E-state index in [4.69, 9.17) is 18.6 Å². The average molecular weight is 522 g/mol. The van der Waals surface area contributed by atoms with Crippen LogP contribution in [0.3, 0.4) is 0 Å². The van der Waals surface area contributed by atoms with Crippen molar-refractivity contribution in [3.63, 3.8) is 0 Å². The van der Waals surface area contributed by atoms with Crippen molar-refractivity contribution in [2.45, 2.75) is 110 Å². The summed E-state index contributed by atoms with van der Waals surface area (Å²) < 4.78 is 23.7. The van der Waals surface area contributed by atoms with Gasteiger partial charge in [-0.05, 0) is 44.5 Å². The van der Waals surface area contributed by atoms with Crippen molar-refractivity contribution in [2.75, 3.05) is 6.61 Å². The maximum absolute atomic E-state index is 13.6. The molecule has 0 amide bonds. The molecule has 1 heterocycles. The van der Waals surface area contributed by atoms with Crippen LogP contribution in [0.15, 0.2) is 30.3 Å². The molecular weight excluding hydrogens is 478 g/mol. The van der Waals surface area contributed by atoms with Crippen LogP contribution >= 0.6 is 0 Å². The number of ether oxygens (including phenoxy) is 3. The molecule has 0 saturated carbocycles. The molecule has 1 aliphatic rings. The lowest BCUT2D eigenvalue weighted by atomic mass is 10.1. The topological polar surface area (TPSA) is 91.4 Å². The van der Waals surface area contributed by atoms with E-state index in [1.807, 2.05) is 35.2 Å². The van der Waals surface area contributed by atoms with Crippen LogP contribution in [0.1, 0.15) is 61.0 Å². The van der Waals surface area contributed by atoms with Crippen LogP contribution in [0.2, 0.25) is 18.1 Å². The van der Waals surface area contributed by atoms with Crippen molar-refractivity contribution in [3.05, 3.63) is 35.9 Å². The van der Waals surface area contributed by atoms with E-state index in [1.54, 1.807) is 20.8 Å². The summed E-state index contributed by atoms with van der Waals surface area (Å²) in [7, 11) is -2.20. The van der Waals surface area contributed by atoms with Gasteiger partial charge in [0.05, 0.1) is 12.6 Å². The number of benzene rings is 1. The van der Waals surface area contributed by atoms with Crippen molar-refractivity contribution in [1.82, 2.24) is 4.90 Å². The van der Waals surface area contributed by atoms with Gasteiger partial charge in [-0.25, -0.2) is 0 Å². The molecule has 2 rings (SSSR count). The van der Waals surface area contributed by atoms with E-state index in [0.29, 0.717) is 6.54 Å². The zero-order chi connectivity index (χ0) is 27.5. The number of carbonyl (C=O) groups is 3. The van der Waals surface area contributed by atoms with Crippen molar-refractivity contribution < 1.29 is 33.0 Å². The summed E-state index contributed by atoms with van der Waals surface area (Å²) in [5.41, 5.74) is 0.191. The van der Waals surface area contributed by atoms with E-state index in [9.17, 15) is 14.4 Å². The van der Waals surface area contributed by atoms with Crippen LogP contribution in [-0.4, -0.2) is 67.6 Å². The van der Waals surface area contributed by atoms with Gasteiger partial charge in [0, 0.05) is 20.4 Å². The molecule has 1 saturated heterocycles. The summed E-state index contributed by atoms with van der Waals surface area (Å²) in [5, 5.41) is -0.0490. The molecule has 9 heteroatoms. The Kier molecular flexibility index (Phi) is 9.53. The first kappa shape index (κ1) is 30.0. The third-order valence-electron chi connectivity index (χ3n) is 6.68. The van der Waals surface area contributed by atoms with Crippen molar-refractivity contribution in [1.29, 1.82) is 0 Å². The molecule has 1 aromatic carbocycles. The van der Waals surface area contributed by atoms with Gasteiger partial charge in [0.25, 0.3) is 0 Å². The number of carbonyl (C=O) groups excluding carboxylic acids is 3. The summed E-state index contributed by atoms with van der Waals surface area (Å²) in [6.07, 6.45) is -1.95. The third-order valence-corrected chi connectivity index (χ3v) is 11.2. The Balaban J connectivity index is 2.59. The highest BCUT2D eigenvalue weighted by Gasteiger charge is 2.57. The summed E-state index contributed by atoms with van der Waals surface area (Å²) in [6, 6.07) is 8.15. The summed E-state index contributed by atoms with van der Waals surface area (Å²) in [5.74, 6) is -1.65. The smallest absolute Gasteiger partial charge is 0.327 e. The van der Waals surface area contributed by atoms with Gasteiger partial charge in [0.15, 0.2) is 26.6 Å². The molecule has 1 aliphatic heterocycles. The van der Waals surface area contributed by atoms with Gasteiger partial charge in [0.1, 0.15) is 5.60 Å². The Bertz CT molecular complexity index is 920. The van der Waals surface area contributed by atoms with Crippen molar-refractivity contribution in [3.8, 4) is 0 Å². The Morgan fingerprint density at radius 3 is 1.89 bits per heavy atom. The highest BCUT2D eigenvalue weighted by atomic mass is 28.4. The van der Waals surface area contributed by atoms with Gasteiger partial charge in [-0.15, -0.1) is 0 Å². The highest BCUT2D eigenvalue weighted by Crippen LogP contribution is 2.39. The number of hydrogen-bond acceptors (Lipinski definition) is 8. The fourth-order valence-corrected chi connectivity index (χ4v) is 5.01. The van der Waals surface area contributed by atoms with Gasteiger partial charge in [-0.3, -0.25) is 19.3 Å². The molecule has 0 radical (unpaired) electrons. The maximum Gasteiger partial charge on any atom is 0.327 e. The lowest BCUT2D eigenvalue weighted by Gasteiger charge is -2.39. The molecule has 0 aromatic heterocycles. The molecule has 0 N–H and O–H groups in total. The van der Waals surface area contributed by atoms with E-state index in [2.05, 4.69) is 33.9 Å². The Labute approximate surface area is 216 Å². The molecule has 1 aromatic rings. The van der Waals surface area contributed by atoms with Crippen molar-refractivity contribution >= 4 is 26.2 Å². The van der Waals surface area contributed by atoms with E-state index >= 15 is 0 Å². The van der Waals surface area contributed by atoms with Crippen LogP contribution in [0.5, 0.6) is 0 Å². The van der Waals surface area contributed by atoms with Crippen molar-refractivity contribution in [2.24, 2.45) is 0 Å². The standard InChI is InChI=1S/C27H43NO7Si/c1-18(29)33-23-21(17-32-36(9,10)27(6,7)8)28(16-20-14-12-11-13-15-20)22(24(23)34-19(2)30)25(31)35-26(3,4)5/h11-15,21-24H,16-17H2,1-10H3/t21-,22+,23-,24-/m1/s1. The van der Waals surface area contributed by atoms with Crippen LogP contribution in [0.4, 0.5) is 0 Å². The number of nitrogens with zero attached hydrogens (tertiary/aromatic N) is 1. The number of likely N-dealkylation sites (tertiary alicyclic amines) is 1. The first-order chi connectivity index (χ1) is 16.4. The fourth-order valence-electron chi connectivity index (χ4n) is 3.99. The molecule has 0 unspecified atom stereocenters. The maximum atomic E-state index is 13.6. The highest BCUT2D eigenvalue weighted by molar-refractivity contribution is 6.74. The van der Waals surface area contributed by atoms with Gasteiger partial charge < -0.3 is 18.6 Å². The normalized spacial score (nSPS) is 23.3. The van der Waals surface area contributed by atoms with E-state index in [-0.39, 0.29) is 11.6 Å². The molecule has 8 nitrogen and oxygen atoms in total. The molecular formula is C27H43NO7Si. The quantitative estimate of drug-likeness (QED) is 0.281. The minimum Gasteiger partial charge on any atom is -0.459 e. The van der Waals surface area contributed by atoms with Crippen LogP contribution < -0.4 is 0 Å². The Morgan fingerprint density at radius 1 is 0.889 bits per heavy atom. The molecule has 0 spiro atoms. The molecule has 0 aliphatic carbocycles. The van der Waals surface area contributed by atoms with Crippen LogP contribution in [-0.2, 0) is 39.6 Å². The first-order valence-electron chi connectivity index (χ1n) is 12.4. The molecule has 202 valence electrons.